The van der Waals surface area contributed by atoms with Crippen LogP contribution in [-0.4, -0.2) is 21.0 Å². The zero-order chi connectivity index (χ0) is 20.7. The highest BCUT2D eigenvalue weighted by Gasteiger charge is 2.20. The van der Waals surface area contributed by atoms with Crippen molar-refractivity contribution < 1.29 is 9.13 Å². The molecular weight excluding hydrogens is 405 g/mol. The van der Waals surface area contributed by atoms with E-state index in [0.717, 1.165) is 28.1 Å². The molecule has 0 unspecified atom stereocenters. The minimum atomic E-state index is -0.260. The van der Waals surface area contributed by atoms with Gasteiger partial charge in [-0.05, 0) is 18.2 Å². The molecule has 3 N–H and O–H groups in total. The van der Waals surface area contributed by atoms with E-state index >= 15 is 0 Å². The standard InChI is InChI=1S/C22H19ClFN5O/c23-18-4-2-1-3-14(18)17-11-27-22(29-12-13(9-25)28-21(17)29)26-10-16-15-7-8-30-20(15)6-5-19(16)24/h1-6,11-12H,7-10,25H2,(H,26,27). The van der Waals surface area contributed by atoms with Crippen molar-refractivity contribution in [2.45, 2.75) is 19.5 Å². The first-order valence-corrected chi connectivity index (χ1v) is 10.0. The lowest BCUT2D eigenvalue weighted by Gasteiger charge is -2.13. The minimum Gasteiger partial charge on any atom is -0.493 e. The maximum Gasteiger partial charge on any atom is 0.208 e. The summed E-state index contributed by atoms with van der Waals surface area (Å²) in [5, 5.41) is 3.86. The Hall–Kier alpha value is -3.16. The molecule has 1 aliphatic rings. The molecule has 0 aliphatic carbocycles. The quantitative estimate of drug-likeness (QED) is 0.503. The predicted octanol–water partition coefficient (Wildman–Crippen LogP) is 4.19. The van der Waals surface area contributed by atoms with E-state index in [1.807, 2.05) is 34.9 Å². The summed E-state index contributed by atoms with van der Waals surface area (Å²) in [4.78, 5) is 9.21. The summed E-state index contributed by atoms with van der Waals surface area (Å²) in [5.74, 6) is 1.03. The number of imidazole rings is 1. The van der Waals surface area contributed by atoms with Gasteiger partial charge in [0.2, 0.25) is 5.95 Å². The van der Waals surface area contributed by atoms with Crippen molar-refractivity contribution in [1.29, 1.82) is 0 Å². The van der Waals surface area contributed by atoms with Gasteiger partial charge in [-0.2, -0.15) is 0 Å². The minimum absolute atomic E-state index is 0.260. The van der Waals surface area contributed by atoms with Crippen LogP contribution in [0, 0.1) is 5.82 Å². The molecule has 4 aromatic rings. The van der Waals surface area contributed by atoms with Crippen LogP contribution in [0.25, 0.3) is 16.8 Å². The Kier molecular flexibility index (Phi) is 4.77. The highest BCUT2D eigenvalue weighted by Crippen LogP contribution is 2.33. The third kappa shape index (κ3) is 3.16. The molecule has 3 heterocycles. The predicted molar refractivity (Wildman–Crippen MR) is 114 cm³/mol. The fraction of sp³-hybridized carbons (Fsp3) is 0.182. The number of nitrogens with one attached hydrogen (secondary N) is 1. The van der Waals surface area contributed by atoms with Gasteiger partial charge in [0.25, 0.3) is 0 Å². The molecule has 30 heavy (non-hydrogen) atoms. The van der Waals surface area contributed by atoms with Gasteiger partial charge in [0, 0.05) is 59.2 Å². The summed E-state index contributed by atoms with van der Waals surface area (Å²) >= 11 is 6.39. The Labute approximate surface area is 177 Å². The fourth-order valence-electron chi connectivity index (χ4n) is 3.80. The lowest BCUT2D eigenvalue weighted by molar-refractivity contribution is 0.356. The molecule has 8 heteroatoms. The first kappa shape index (κ1) is 18.8. The number of aromatic nitrogens is 3. The normalized spacial score (nSPS) is 12.8. The SMILES string of the molecule is NCc1cn2c(NCc3c(F)ccc4c3CCO4)ncc(-c3ccccc3Cl)c2n1. The van der Waals surface area contributed by atoms with Crippen LogP contribution >= 0.6 is 11.6 Å². The zero-order valence-corrected chi connectivity index (χ0v) is 16.8. The van der Waals surface area contributed by atoms with E-state index in [-0.39, 0.29) is 12.4 Å². The molecule has 0 spiro atoms. The Morgan fingerprint density at radius 2 is 2.07 bits per heavy atom. The van der Waals surface area contributed by atoms with Gasteiger partial charge in [0.05, 0.1) is 12.3 Å². The Morgan fingerprint density at radius 3 is 2.90 bits per heavy atom. The second-order valence-corrected chi connectivity index (χ2v) is 7.47. The van der Waals surface area contributed by atoms with Crippen molar-refractivity contribution in [3.63, 3.8) is 0 Å². The van der Waals surface area contributed by atoms with Crippen molar-refractivity contribution >= 4 is 23.2 Å². The summed E-state index contributed by atoms with van der Waals surface area (Å²) < 4.78 is 21.9. The van der Waals surface area contributed by atoms with Gasteiger partial charge in [-0.3, -0.25) is 4.40 Å². The van der Waals surface area contributed by atoms with Crippen LogP contribution in [-0.2, 0) is 19.5 Å². The van der Waals surface area contributed by atoms with E-state index in [1.165, 1.54) is 6.07 Å². The molecule has 6 nitrogen and oxygen atoms in total. The van der Waals surface area contributed by atoms with E-state index in [0.29, 0.717) is 41.8 Å². The van der Waals surface area contributed by atoms with Gasteiger partial charge >= 0.3 is 0 Å². The number of benzene rings is 2. The summed E-state index contributed by atoms with van der Waals surface area (Å²) in [6.45, 7) is 1.14. The monoisotopic (exact) mass is 423 g/mol. The van der Waals surface area contributed by atoms with Crippen LogP contribution in [0.2, 0.25) is 5.02 Å². The summed E-state index contributed by atoms with van der Waals surface area (Å²) in [6.07, 6.45) is 4.25. The molecule has 0 saturated carbocycles. The molecule has 0 fully saturated rings. The van der Waals surface area contributed by atoms with E-state index in [4.69, 9.17) is 22.1 Å². The summed E-state index contributed by atoms with van der Waals surface area (Å²) in [5.41, 5.74) is 10.4. The molecule has 5 rings (SSSR count). The molecule has 0 atom stereocenters. The molecule has 152 valence electrons. The Morgan fingerprint density at radius 1 is 1.20 bits per heavy atom. The molecule has 0 amide bonds. The maximum absolute atomic E-state index is 14.5. The van der Waals surface area contributed by atoms with E-state index in [9.17, 15) is 4.39 Å². The number of fused-ring (bicyclic) bond motifs is 2. The second kappa shape index (κ2) is 7.59. The highest BCUT2D eigenvalue weighted by atomic mass is 35.5. The maximum atomic E-state index is 14.5. The van der Waals surface area contributed by atoms with Crippen LogP contribution in [0.5, 0.6) is 5.75 Å². The third-order valence-corrected chi connectivity index (χ3v) is 5.61. The van der Waals surface area contributed by atoms with Crippen molar-refractivity contribution in [2.75, 3.05) is 11.9 Å². The van der Waals surface area contributed by atoms with Gasteiger partial charge in [-0.25, -0.2) is 14.4 Å². The van der Waals surface area contributed by atoms with E-state index in [1.54, 1.807) is 12.3 Å². The van der Waals surface area contributed by atoms with Crippen molar-refractivity contribution in [1.82, 2.24) is 14.4 Å². The molecule has 0 bridgehead atoms. The van der Waals surface area contributed by atoms with Crippen molar-refractivity contribution in [3.8, 4) is 16.9 Å². The molecule has 1 aliphatic heterocycles. The largest absolute Gasteiger partial charge is 0.493 e. The smallest absolute Gasteiger partial charge is 0.208 e. The van der Waals surface area contributed by atoms with Gasteiger partial charge < -0.3 is 15.8 Å². The topological polar surface area (TPSA) is 77.5 Å². The van der Waals surface area contributed by atoms with Crippen molar-refractivity contribution in [2.24, 2.45) is 5.73 Å². The first-order valence-electron chi connectivity index (χ1n) is 9.64. The number of hydrogen-bond donors (Lipinski definition) is 2. The Bertz CT molecular complexity index is 1260. The number of anilines is 1. The van der Waals surface area contributed by atoms with Crippen molar-refractivity contribution in [3.05, 3.63) is 76.5 Å². The van der Waals surface area contributed by atoms with Crippen LogP contribution in [0.4, 0.5) is 10.3 Å². The molecule has 2 aromatic carbocycles. The third-order valence-electron chi connectivity index (χ3n) is 5.28. The van der Waals surface area contributed by atoms with Crippen LogP contribution in [0.15, 0.2) is 48.8 Å². The number of ether oxygens (including phenoxy) is 1. The number of halogens is 2. The Balaban J connectivity index is 1.55. The lowest BCUT2D eigenvalue weighted by atomic mass is 10.0. The number of nitrogens with zero attached hydrogens (tertiary/aromatic N) is 3. The average molecular weight is 424 g/mol. The van der Waals surface area contributed by atoms with Crippen LogP contribution in [0.3, 0.4) is 0 Å². The first-order chi connectivity index (χ1) is 14.7. The number of hydrogen-bond acceptors (Lipinski definition) is 5. The zero-order valence-electron chi connectivity index (χ0n) is 16.0. The van der Waals surface area contributed by atoms with Gasteiger partial charge in [0.1, 0.15) is 17.2 Å². The average Bonchev–Trinajstić information content (AvgIpc) is 3.40. The van der Waals surface area contributed by atoms with Crippen LogP contribution in [0.1, 0.15) is 16.8 Å². The van der Waals surface area contributed by atoms with E-state index < -0.39 is 0 Å². The second-order valence-electron chi connectivity index (χ2n) is 7.06. The van der Waals surface area contributed by atoms with Gasteiger partial charge in [0.15, 0.2) is 0 Å². The molecule has 0 radical (unpaired) electrons. The molecular formula is C22H19ClFN5O. The van der Waals surface area contributed by atoms with Gasteiger partial charge in [-0.1, -0.05) is 29.8 Å². The number of rotatable bonds is 5. The molecule has 2 aromatic heterocycles. The highest BCUT2D eigenvalue weighted by molar-refractivity contribution is 6.33. The van der Waals surface area contributed by atoms with E-state index in [2.05, 4.69) is 15.3 Å². The summed E-state index contributed by atoms with van der Waals surface area (Å²) in [7, 11) is 0. The number of nitrogens with two attached hydrogens (primary N) is 1. The lowest BCUT2D eigenvalue weighted by Crippen LogP contribution is -2.09. The van der Waals surface area contributed by atoms with Crippen LogP contribution < -0.4 is 15.8 Å². The fourth-order valence-corrected chi connectivity index (χ4v) is 4.04. The molecule has 0 saturated heterocycles. The van der Waals surface area contributed by atoms with Gasteiger partial charge in [-0.15, -0.1) is 0 Å². The summed E-state index contributed by atoms with van der Waals surface area (Å²) in [6, 6.07) is 10.7.